The van der Waals surface area contributed by atoms with Gasteiger partial charge in [0.2, 0.25) is 0 Å². The minimum Gasteiger partial charge on any atom is -0.463 e. The molecule has 0 heterocycles. The van der Waals surface area contributed by atoms with Crippen LogP contribution in [0.2, 0.25) is 0 Å². The van der Waals surface area contributed by atoms with Gasteiger partial charge in [0.15, 0.2) is 0 Å². The lowest BCUT2D eigenvalue weighted by molar-refractivity contribution is -0.146. The van der Waals surface area contributed by atoms with E-state index in [2.05, 4.69) is 11.7 Å². The molecule has 0 spiro atoms. The van der Waals surface area contributed by atoms with Crippen molar-refractivity contribution in [2.75, 3.05) is 33.5 Å². The zero-order valence-corrected chi connectivity index (χ0v) is 13.2. The zero-order chi connectivity index (χ0) is 16.5. The summed E-state index contributed by atoms with van der Waals surface area (Å²) in [6.07, 6.45) is 1.54. The Kier molecular flexibility index (Phi) is 17.8. The van der Waals surface area contributed by atoms with Crippen LogP contribution >= 0.6 is 0 Å². The van der Waals surface area contributed by atoms with E-state index in [1.54, 1.807) is 0 Å². The van der Waals surface area contributed by atoms with E-state index in [4.69, 9.17) is 14.6 Å². The van der Waals surface area contributed by atoms with Crippen LogP contribution < -0.4 is 0 Å². The number of rotatable bonds is 11. The van der Waals surface area contributed by atoms with Crippen molar-refractivity contribution in [3.63, 3.8) is 0 Å². The number of aliphatic hydroxyl groups excluding tert-OH is 2. The second-order valence-electron chi connectivity index (χ2n) is 4.18. The molecule has 0 aliphatic rings. The Hall–Kier alpha value is -1.18. The molecule has 0 aromatic heterocycles. The fourth-order valence-electron chi connectivity index (χ4n) is 1.22. The summed E-state index contributed by atoms with van der Waals surface area (Å²) >= 11 is 0. The lowest BCUT2D eigenvalue weighted by atomic mass is 10.2. The highest BCUT2D eigenvalue weighted by Gasteiger charge is 2.10. The molecule has 7 heteroatoms. The van der Waals surface area contributed by atoms with Crippen molar-refractivity contribution in [2.24, 2.45) is 0 Å². The fraction of sp³-hybridized carbons (Fsp3) is 0.857. The first-order valence-corrected chi connectivity index (χ1v) is 7.05. The molecule has 0 bridgehead atoms. The Morgan fingerprint density at radius 3 is 2.33 bits per heavy atom. The first-order valence-electron chi connectivity index (χ1n) is 7.05. The largest absolute Gasteiger partial charge is 0.463 e. The van der Waals surface area contributed by atoms with Crippen molar-refractivity contribution in [1.82, 2.24) is 0 Å². The highest BCUT2D eigenvalue weighted by Crippen LogP contribution is 2.00. The van der Waals surface area contributed by atoms with Gasteiger partial charge in [-0.1, -0.05) is 13.3 Å². The first kappa shape index (κ1) is 22.1. The predicted molar refractivity (Wildman–Crippen MR) is 76.7 cm³/mol. The van der Waals surface area contributed by atoms with Crippen LogP contribution in [-0.2, 0) is 23.8 Å². The number of hydrogen-bond acceptors (Lipinski definition) is 7. The average Bonchev–Trinajstić information content (AvgIpc) is 2.48. The third kappa shape index (κ3) is 18.8. The summed E-state index contributed by atoms with van der Waals surface area (Å²) in [4.78, 5) is 21.8. The predicted octanol–water partition coefficient (Wildman–Crippen LogP) is 0.659. The third-order valence-corrected chi connectivity index (χ3v) is 2.29. The average molecular weight is 308 g/mol. The maximum Gasteiger partial charge on any atom is 0.305 e. The SMILES string of the molecule is CCCCOCCOC(=O)CCC(O)COC(C)=O.CO. The van der Waals surface area contributed by atoms with Gasteiger partial charge in [0.1, 0.15) is 13.2 Å². The minimum atomic E-state index is -0.836. The van der Waals surface area contributed by atoms with E-state index in [0.717, 1.165) is 20.0 Å². The first-order chi connectivity index (χ1) is 10.1. The molecule has 0 radical (unpaired) electrons. The van der Waals surface area contributed by atoms with E-state index >= 15 is 0 Å². The molecular formula is C14H28O7. The smallest absolute Gasteiger partial charge is 0.305 e. The maximum atomic E-state index is 11.3. The van der Waals surface area contributed by atoms with Crippen molar-refractivity contribution >= 4 is 11.9 Å². The number of hydrogen-bond donors (Lipinski definition) is 2. The van der Waals surface area contributed by atoms with E-state index in [9.17, 15) is 14.7 Å². The molecule has 0 aromatic rings. The molecule has 0 aromatic carbocycles. The van der Waals surface area contributed by atoms with Crippen LogP contribution in [0.25, 0.3) is 0 Å². The zero-order valence-electron chi connectivity index (χ0n) is 13.2. The van der Waals surface area contributed by atoms with Gasteiger partial charge < -0.3 is 24.4 Å². The van der Waals surface area contributed by atoms with Gasteiger partial charge in [0.25, 0.3) is 0 Å². The summed E-state index contributed by atoms with van der Waals surface area (Å²) in [6.45, 7) is 4.53. The number of carbonyl (C=O) groups excluding carboxylic acids is 2. The molecule has 0 saturated carbocycles. The highest BCUT2D eigenvalue weighted by molar-refractivity contribution is 5.69. The summed E-state index contributed by atoms with van der Waals surface area (Å²) in [5.41, 5.74) is 0. The van der Waals surface area contributed by atoms with Gasteiger partial charge >= 0.3 is 11.9 Å². The van der Waals surface area contributed by atoms with E-state index in [0.29, 0.717) is 13.2 Å². The Morgan fingerprint density at radius 1 is 1.10 bits per heavy atom. The fourth-order valence-corrected chi connectivity index (χ4v) is 1.22. The van der Waals surface area contributed by atoms with Crippen LogP contribution in [0.4, 0.5) is 0 Å². The molecule has 2 N–H and O–H groups in total. The molecule has 0 aliphatic heterocycles. The van der Waals surface area contributed by atoms with Gasteiger partial charge in [-0.15, -0.1) is 0 Å². The molecule has 0 aliphatic carbocycles. The van der Waals surface area contributed by atoms with Crippen LogP contribution in [0.1, 0.15) is 39.5 Å². The lowest BCUT2D eigenvalue weighted by Crippen LogP contribution is -2.19. The van der Waals surface area contributed by atoms with E-state index in [1.807, 2.05) is 0 Å². The molecule has 0 saturated heterocycles. The summed E-state index contributed by atoms with van der Waals surface area (Å²) in [5.74, 6) is -0.841. The summed E-state index contributed by atoms with van der Waals surface area (Å²) < 4.78 is 14.8. The Labute approximate surface area is 126 Å². The van der Waals surface area contributed by atoms with Gasteiger partial charge in [-0.05, 0) is 12.8 Å². The molecule has 0 fully saturated rings. The van der Waals surface area contributed by atoms with Crippen LogP contribution in [-0.4, -0.2) is 61.8 Å². The van der Waals surface area contributed by atoms with Crippen molar-refractivity contribution < 1.29 is 34.0 Å². The molecular weight excluding hydrogens is 280 g/mol. The number of unbranched alkanes of at least 4 members (excludes halogenated alkanes) is 1. The minimum absolute atomic E-state index is 0.0945. The topological polar surface area (TPSA) is 102 Å². The van der Waals surface area contributed by atoms with Crippen LogP contribution in [0.3, 0.4) is 0 Å². The quantitative estimate of drug-likeness (QED) is 0.427. The van der Waals surface area contributed by atoms with Crippen molar-refractivity contribution in [3.8, 4) is 0 Å². The van der Waals surface area contributed by atoms with Gasteiger partial charge in [-0.3, -0.25) is 9.59 Å². The van der Waals surface area contributed by atoms with Crippen LogP contribution in [0.15, 0.2) is 0 Å². The molecule has 1 unspecified atom stereocenters. The van der Waals surface area contributed by atoms with E-state index in [1.165, 1.54) is 6.92 Å². The van der Waals surface area contributed by atoms with E-state index < -0.39 is 12.1 Å². The van der Waals surface area contributed by atoms with Gasteiger partial charge in [0, 0.05) is 27.1 Å². The lowest BCUT2D eigenvalue weighted by Gasteiger charge is -2.10. The van der Waals surface area contributed by atoms with E-state index in [-0.39, 0.29) is 32.0 Å². The summed E-state index contributed by atoms with van der Waals surface area (Å²) in [7, 11) is 1.00. The van der Waals surface area contributed by atoms with Crippen molar-refractivity contribution in [2.45, 2.75) is 45.6 Å². The van der Waals surface area contributed by atoms with Crippen LogP contribution in [0, 0.1) is 0 Å². The maximum absolute atomic E-state index is 11.3. The summed E-state index contributed by atoms with van der Waals surface area (Å²) in [6, 6.07) is 0. The van der Waals surface area contributed by atoms with Gasteiger partial charge in [0.05, 0.1) is 12.7 Å². The number of aliphatic hydroxyl groups is 2. The monoisotopic (exact) mass is 308 g/mol. The van der Waals surface area contributed by atoms with Gasteiger partial charge in [-0.25, -0.2) is 0 Å². The molecule has 0 amide bonds. The number of ether oxygens (including phenoxy) is 3. The van der Waals surface area contributed by atoms with Gasteiger partial charge in [-0.2, -0.15) is 0 Å². The standard InChI is InChI=1S/C13H24O6.CH4O/c1-3-4-7-17-8-9-18-13(16)6-5-12(15)10-19-11(2)14;1-2/h12,15H,3-10H2,1-2H3;2H,1H3. The second kappa shape index (κ2) is 16.9. The normalized spacial score (nSPS) is 11.1. The highest BCUT2D eigenvalue weighted by atomic mass is 16.6. The third-order valence-electron chi connectivity index (χ3n) is 2.29. The number of carbonyl (C=O) groups is 2. The molecule has 1 atom stereocenters. The Balaban J connectivity index is 0. The van der Waals surface area contributed by atoms with Crippen molar-refractivity contribution in [3.05, 3.63) is 0 Å². The van der Waals surface area contributed by atoms with Crippen molar-refractivity contribution in [1.29, 1.82) is 0 Å². The summed E-state index contributed by atoms with van der Waals surface area (Å²) in [5, 5.41) is 16.4. The van der Waals surface area contributed by atoms with Crippen LogP contribution in [0.5, 0.6) is 0 Å². The molecule has 0 rings (SSSR count). The molecule has 126 valence electrons. The molecule has 21 heavy (non-hydrogen) atoms. The Morgan fingerprint density at radius 2 is 1.76 bits per heavy atom. The second-order valence-corrected chi connectivity index (χ2v) is 4.18. The Bertz CT molecular complexity index is 256. The number of esters is 2. The molecule has 7 nitrogen and oxygen atoms in total.